The van der Waals surface area contributed by atoms with E-state index in [9.17, 15) is 28.8 Å². The number of esters is 5. The molecule has 1 aliphatic heterocycles. The van der Waals surface area contributed by atoms with Crippen molar-refractivity contribution in [3.63, 3.8) is 0 Å². The Morgan fingerprint density at radius 3 is 1.81 bits per heavy atom. The Kier molecular flexibility index (Phi) is 7.91. The first-order valence-corrected chi connectivity index (χ1v) is 10.8. The highest BCUT2D eigenvalue weighted by molar-refractivity contribution is 6.07. The third kappa shape index (κ3) is 6.48. The van der Waals surface area contributed by atoms with Crippen LogP contribution >= 0.6 is 0 Å². The van der Waals surface area contributed by atoms with Gasteiger partial charge >= 0.3 is 29.8 Å². The zero-order valence-electron chi connectivity index (χ0n) is 20.4. The summed E-state index contributed by atoms with van der Waals surface area (Å²) >= 11 is 0. The monoisotopic (exact) mass is 514 g/mol. The second-order valence-corrected chi connectivity index (χ2v) is 7.81. The van der Waals surface area contributed by atoms with E-state index in [-0.39, 0.29) is 39.9 Å². The number of benzene rings is 2. The maximum Gasteiger partial charge on any atom is 0.308 e. The maximum absolute atomic E-state index is 13.5. The molecule has 0 bridgehead atoms. The number of carbonyl (C=O) groups excluding carboxylic acids is 6. The van der Waals surface area contributed by atoms with Gasteiger partial charge in [-0.3, -0.25) is 28.8 Å². The minimum Gasteiger partial charge on any atom is -0.480 e. The molecule has 0 aliphatic carbocycles. The largest absolute Gasteiger partial charge is 0.480 e. The van der Waals surface area contributed by atoms with Crippen molar-refractivity contribution in [1.82, 2.24) is 0 Å². The van der Waals surface area contributed by atoms with E-state index in [0.29, 0.717) is 0 Å². The van der Waals surface area contributed by atoms with Crippen molar-refractivity contribution in [3.8, 4) is 28.7 Å². The number of hydrogen-bond acceptors (Lipinski definition) is 12. The topological polar surface area (TPSA) is 158 Å². The lowest BCUT2D eigenvalue weighted by molar-refractivity contribution is -0.149. The molecule has 12 heteroatoms. The maximum atomic E-state index is 13.5. The molecule has 0 aromatic heterocycles. The molecule has 2 aromatic rings. The summed E-state index contributed by atoms with van der Waals surface area (Å²) in [6.45, 7) is 5.63. The van der Waals surface area contributed by atoms with Crippen molar-refractivity contribution in [2.75, 3.05) is 0 Å². The number of ketones is 1. The first-order valence-electron chi connectivity index (χ1n) is 10.8. The fraction of sp³-hybridized carbons (Fsp3) is 0.280. The van der Waals surface area contributed by atoms with Gasteiger partial charge in [-0.05, 0) is 12.1 Å². The summed E-state index contributed by atoms with van der Waals surface area (Å²) in [6, 6.07) is 6.39. The molecular weight excluding hydrogens is 492 g/mol. The predicted molar refractivity (Wildman–Crippen MR) is 121 cm³/mol. The number of Topliss-reactive ketones (excluding diaryl/α,β-unsaturated/α-hetero) is 1. The molecule has 0 spiro atoms. The zero-order valence-corrected chi connectivity index (χ0v) is 20.4. The van der Waals surface area contributed by atoms with E-state index in [4.69, 9.17) is 28.4 Å². The van der Waals surface area contributed by atoms with Crippen LogP contribution < -0.4 is 23.7 Å². The third-order valence-electron chi connectivity index (χ3n) is 4.69. The van der Waals surface area contributed by atoms with Crippen LogP contribution in [0.2, 0.25) is 0 Å². The van der Waals surface area contributed by atoms with Crippen LogP contribution in [0.4, 0.5) is 0 Å². The minimum atomic E-state index is -1.55. The Bertz CT molecular complexity index is 1310. The van der Waals surface area contributed by atoms with Crippen molar-refractivity contribution in [1.29, 1.82) is 0 Å². The van der Waals surface area contributed by atoms with Gasteiger partial charge in [0.25, 0.3) is 0 Å². The van der Waals surface area contributed by atoms with Crippen LogP contribution in [0.1, 0.15) is 56.6 Å². The van der Waals surface area contributed by atoms with Gasteiger partial charge < -0.3 is 28.4 Å². The van der Waals surface area contributed by atoms with E-state index < -0.39 is 47.8 Å². The number of hydrogen-bond donors (Lipinski definition) is 0. The Balaban J connectivity index is 2.18. The average molecular weight is 514 g/mol. The standard InChI is InChI=1S/C25H22O12/c1-11(26)32-17-9-20(35-14(4)29)22-21(10-17)37-24(25(23(22)31)36-15(5)30)16-6-7-18(33-12(2)27)19(8-16)34-13(3)28/h6-10,24-25H,1-5H3/t24-,25+/m0/s1. The van der Waals surface area contributed by atoms with Crippen LogP contribution in [-0.4, -0.2) is 41.7 Å². The van der Waals surface area contributed by atoms with E-state index in [1.54, 1.807) is 0 Å². The lowest BCUT2D eigenvalue weighted by Crippen LogP contribution is -2.40. The molecular formula is C25H22O12. The van der Waals surface area contributed by atoms with Crippen LogP contribution in [0, 0.1) is 0 Å². The Labute approximate surface area is 210 Å². The molecule has 37 heavy (non-hydrogen) atoms. The van der Waals surface area contributed by atoms with Gasteiger partial charge in [0.1, 0.15) is 22.8 Å². The summed E-state index contributed by atoms with van der Waals surface area (Å²) in [4.78, 5) is 71.6. The Morgan fingerprint density at radius 2 is 1.24 bits per heavy atom. The summed E-state index contributed by atoms with van der Waals surface area (Å²) in [7, 11) is 0. The molecule has 0 radical (unpaired) electrons. The van der Waals surface area contributed by atoms with Crippen molar-refractivity contribution in [2.24, 2.45) is 0 Å². The summed E-state index contributed by atoms with van der Waals surface area (Å²) in [6.07, 6.45) is -2.84. The zero-order chi connectivity index (χ0) is 27.4. The molecule has 194 valence electrons. The fourth-order valence-corrected chi connectivity index (χ4v) is 3.55. The Hall–Kier alpha value is -4.74. The molecule has 0 N–H and O–H groups in total. The van der Waals surface area contributed by atoms with Crippen molar-refractivity contribution < 1.29 is 57.2 Å². The highest BCUT2D eigenvalue weighted by Gasteiger charge is 2.43. The lowest BCUT2D eigenvalue weighted by Gasteiger charge is -2.33. The first-order chi connectivity index (χ1) is 17.3. The predicted octanol–water partition coefficient (Wildman–Crippen LogP) is 2.64. The van der Waals surface area contributed by atoms with Crippen LogP contribution in [0.5, 0.6) is 28.7 Å². The van der Waals surface area contributed by atoms with Crippen molar-refractivity contribution >= 4 is 35.6 Å². The molecule has 1 heterocycles. The van der Waals surface area contributed by atoms with Crippen molar-refractivity contribution in [2.45, 2.75) is 46.8 Å². The molecule has 0 fully saturated rings. The summed E-state index contributed by atoms with van der Waals surface area (Å²) in [5, 5.41) is 0. The van der Waals surface area contributed by atoms with Gasteiger partial charge in [-0.1, -0.05) is 6.07 Å². The second kappa shape index (κ2) is 10.9. The van der Waals surface area contributed by atoms with E-state index in [0.717, 1.165) is 40.7 Å². The average Bonchev–Trinajstić information content (AvgIpc) is 2.74. The van der Waals surface area contributed by atoms with E-state index in [1.807, 2.05) is 0 Å². The fourth-order valence-electron chi connectivity index (χ4n) is 3.55. The highest BCUT2D eigenvalue weighted by Crippen LogP contribution is 2.45. The molecule has 0 unspecified atom stereocenters. The normalized spacial score (nSPS) is 16.0. The second-order valence-electron chi connectivity index (χ2n) is 7.81. The number of rotatable bonds is 6. The summed E-state index contributed by atoms with van der Waals surface area (Å²) < 4.78 is 31.7. The van der Waals surface area contributed by atoms with Gasteiger partial charge in [-0.15, -0.1) is 0 Å². The van der Waals surface area contributed by atoms with Crippen LogP contribution in [-0.2, 0) is 28.7 Å². The molecule has 2 atom stereocenters. The first kappa shape index (κ1) is 26.9. The van der Waals surface area contributed by atoms with E-state index >= 15 is 0 Å². The summed E-state index contributed by atoms with van der Waals surface area (Å²) in [5.74, 6) is -5.14. The molecule has 0 saturated heterocycles. The van der Waals surface area contributed by atoms with Gasteiger partial charge in [0.2, 0.25) is 11.9 Å². The quantitative estimate of drug-likeness (QED) is 0.410. The molecule has 12 nitrogen and oxygen atoms in total. The van der Waals surface area contributed by atoms with E-state index in [1.165, 1.54) is 24.3 Å². The van der Waals surface area contributed by atoms with Gasteiger partial charge in [0.15, 0.2) is 17.6 Å². The molecule has 0 saturated carbocycles. The highest BCUT2D eigenvalue weighted by atomic mass is 16.6. The van der Waals surface area contributed by atoms with Gasteiger partial charge in [-0.25, -0.2) is 0 Å². The number of carbonyl (C=O) groups is 6. The molecule has 0 amide bonds. The molecule has 2 aromatic carbocycles. The van der Waals surface area contributed by atoms with Crippen molar-refractivity contribution in [3.05, 3.63) is 41.5 Å². The van der Waals surface area contributed by atoms with Gasteiger partial charge in [0, 0.05) is 52.3 Å². The number of ether oxygens (including phenoxy) is 6. The van der Waals surface area contributed by atoms with Crippen LogP contribution in [0.25, 0.3) is 0 Å². The van der Waals surface area contributed by atoms with Crippen LogP contribution in [0.15, 0.2) is 30.3 Å². The molecule has 1 aliphatic rings. The molecule has 3 rings (SSSR count). The number of fused-ring (bicyclic) bond motifs is 1. The van der Waals surface area contributed by atoms with Crippen LogP contribution in [0.3, 0.4) is 0 Å². The van der Waals surface area contributed by atoms with Gasteiger partial charge in [0.05, 0.1) is 0 Å². The minimum absolute atomic E-state index is 0.0766. The summed E-state index contributed by atoms with van der Waals surface area (Å²) in [5.41, 5.74) is -0.0188. The lowest BCUT2D eigenvalue weighted by atomic mass is 9.92. The Morgan fingerprint density at radius 1 is 0.676 bits per heavy atom. The smallest absolute Gasteiger partial charge is 0.308 e. The third-order valence-corrected chi connectivity index (χ3v) is 4.69. The van der Waals surface area contributed by atoms with E-state index in [2.05, 4.69) is 0 Å². The SMILES string of the molecule is CC(=O)Oc1cc(OC(C)=O)c2c(c1)O[C@@H](c1ccc(OC(C)=O)c(OC(C)=O)c1)[C@H](OC(C)=O)C2=O. The van der Waals surface area contributed by atoms with Gasteiger partial charge in [-0.2, -0.15) is 0 Å².